The van der Waals surface area contributed by atoms with E-state index < -0.39 is 4.92 Å². The maximum atomic E-state index is 12.5. The Hall–Kier alpha value is -2.43. The molecule has 2 saturated heterocycles. The van der Waals surface area contributed by atoms with Crippen molar-refractivity contribution in [2.75, 3.05) is 51.5 Å². The molecule has 3 rings (SSSR count). The fourth-order valence-corrected chi connectivity index (χ4v) is 3.92. The largest absolute Gasteiger partial charge is 0.385 e. The van der Waals surface area contributed by atoms with E-state index in [1.165, 1.54) is 17.0 Å². The quantitative estimate of drug-likeness (QED) is 0.294. The second-order valence-electron chi connectivity index (χ2n) is 6.28. The molecule has 0 radical (unpaired) electrons. The molecule has 0 aromatic heterocycles. The van der Waals surface area contributed by atoms with Crippen LogP contribution in [0.2, 0.25) is 0 Å². The minimum atomic E-state index is -0.432. The first-order chi connectivity index (χ1) is 13.5. The lowest BCUT2D eigenvalue weighted by Crippen LogP contribution is -2.36. The summed E-state index contributed by atoms with van der Waals surface area (Å²) in [7, 11) is 1.56. The summed E-state index contributed by atoms with van der Waals surface area (Å²) in [5.74, 6) is -0.383. The van der Waals surface area contributed by atoms with Gasteiger partial charge >= 0.3 is 0 Å². The van der Waals surface area contributed by atoms with Crippen LogP contribution < -0.4 is 4.90 Å². The van der Waals surface area contributed by atoms with Gasteiger partial charge in [0.15, 0.2) is 0 Å². The van der Waals surface area contributed by atoms with E-state index in [0.717, 1.165) is 11.8 Å². The summed E-state index contributed by atoms with van der Waals surface area (Å²) in [5, 5.41) is 11.2. The molecule has 2 heterocycles. The first-order valence-corrected chi connectivity index (χ1v) is 9.68. The van der Waals surface area contributed by atoms with Crippen LogP contribution in [0, 0.1) is 10.1 Å². The predicted octanol–water partition coefficient (Wildman–Crippen LogP) is 2.50. The Morgan fingerprint density at radius 1 is 1.32 bits per heavy atom. The van der Waals surface area contributed by atoms with Gasteiger partial charge in [-0.15, -0.1) is 0 Å². The van der Waals surface area contributed by atoms with E-state index in [1.54, 1.807) is 19.2 Å². The Kier molecular flexibility index (Phi) is 6.65. The fourth-order valence-electron chi connectivity index (χ4n) is 3.06. The number of benzene rings is 1. The number of thioether (sulfide) groups is 1. The second kappa shape index (κ2) is 9.18. The third-order valence-electron chi connectivity index (χ3n) is 4.45. The number of carbonyl (C=O) groups excluding carboxylic acids is 2. The molecule has 0 saturated carbocycles. The highest BCUT2D eigenvalue weighted by Crippen LogP contribution is 2.35. The summed E-state index contributed by atoms with van der Waals surface area (Å²) < 4.78 is 10.2. The minimum Gasteiger partial charge on any atom is -0.385 e. The molecule has 10 heteroatoms. The van der Waals surface area contributed by atoms with E-state index in [9.17, 15) is 19.7 Å². The van der Waals surface area contributed by atoms with Crippen molar-refractivity contribution in [3.63, 3.8) is 0 Å². The van der Waals surface area contributed by atoms with Crippen molar-refractivity contribution in [2.24, 2.45) is 0 Å². The van der Waals surface area contributed by atoms with Crippen molar-refractivity contribution in [1.29, 1.82) is 0 Å². The smallest absolute Gasteiger partial charge is 0.293 e. The van der Waals surface area contributed by atoms with Crippen LogP contribution in [0.4, 0.5) is 16.2 Å². The highest BCUT2D eigenvalue weighted by molar-refractivity contribution is 8.18. The van der Waals surface area contributed by atoms with Crippen LogP contribution >= 0.6 is 11.8 Å². The summed E-state index contributed by atoms with van der Waals surface area (Å²) in [5.41, 5.74) is 0.999. The SMILES string of the molecule is COCCCN1C(=O)S/C(=C/c2ccc(N3CCOCC3)c([N+](=O)[O-])c2)C1=O. The number of methoxy groups -OCH3 is 1. The predicted molar refractivity (Wildman–Crippen MR) is 105 cm³/mol. The number of nitro groups is 1. The van der Waals surface area contributed by atoms with E-state index >= 15 is 0 Å². The average Bonchev–Trinajstić information content (AvgIpc) is 2.96. The van der Waals surface area contributed by atoms with Crippen molar-refractivity contribution < 1.29 is 24.0 Å². The van der Waals surface area contributed by atoms with Gasteiger partial charge in [-0.1, -0.05) is 6.07 Å². The second-order valence-corrected chi connectivity index (χ2v) is 7.28. The van der Waals surface area contributed by atoms with Crippen molar-refractivity contribution in [2.45, 2.75) is 6.42 Å². The van der Waals surface area contributed by atoms with Crippen LogP contribution in [0.15, 0.2) is 23.1 Å². The molecule has 0 atom stereocenters. The van der Waals surface area contributed by atoms with Gasteiger partial charge < -0.3 is 14.4 Å². The molecule has 0 spiro atoms. The molecule has 2 fully saturated rings. The lowest BCUT2D eigenvalue weighted by molar-refractivity contribution is -0.384. The van der Waals surface area contributed by atoms with Gasteiger partial charge in [-0.3, -0.25) is 24.6 Å². The average molecular weight is 407 g/mol. The zero-order valence-corrected chi connectivity index (χ0v) is 16.3. The monoisotopic (exact) mass is 407 g/mol. The molecular weight excluding hydrogens is 386 g/mol. The van der Waals surface area contributed by atoms with Crippen molar-refractivity contribution in [3.05, 3.63) is 38.8 Å². The number of anilines is 1. The third-order valence-corrected chi connectivity index (χ3v) is 5.36. The molecule has 2 amide bonds. The Bertz CT molecular complexity index is 807. The van der Waals surface area contributed by atoms with Gasteiger partial charge in [-0.05, 0) is 35.9 Å². The van der Waals surface area contributed by atoms with Crippen LogP contribution in [-0.4, -0.2) is 67.5 Å². The van der Waals surface area contributed by atoms with E-state index in [4.69, 9.17) is 9.47 Å². The highest BCUT2D eigenvalue weighted by Gasteiger charge is 2.34. The number of rotatable bonds is 7. The van der Waals surface area contributed by atoms with E-state index in [-0.39, 0.29) is 28.3 Å². The van der Waals surface area contributed by atoms with Crippen LogP contribution in [0.1, 0.15) is 12.0 Å². The molecule has 1 aromatic carbocycles. The molecule has 0 unspecified atom stereocenters. The molecular formula is C18H21N3O6S. The normalized spacial score (nSPS) is 19.0. The Balaban J connectivity index is 1.81. The van der Waals surface area contributed by atoms with Crippen molar-refractivity contribution >= 4 is 40.4 Å². The molecule has 0 bridgehead atoms. The Labute approximate surface area is 166 Å². The lowest BCUT2D eigenvalue weighted by atomic mass is 10.1. The van der Waals surface area contributed by atoms with Gasteiger partial charge in [0.05, 0.1) is 23.0 Å². The van der Waals surface area contributed by atoms with Gasteiger partial charge in [-0.2, -0.15) is 0 Å². The molecule has 9 nitrogen and oxygen atoms in total. The summed E-state index contributed by atoms with van der Waals surface area (Å²) in [6.45, 7) is 2.95. The molecule has 2 aliphatic heterocycles. The number of morpholine rings is 1. The van der Waals surface area contributed by atoms with Crippen LogP contribution in [-0.2, 0) is 14.3 Å². The first-order valence-electron chi connectivity index (χ1n) is 8.86. The number of carbonyl (C=O) groups is 2. The first kappa shape index (κ1) is 20.3. The van der Waals surface area contributed by atoms with E-state index in [1.807, 2.05) is 4.90 Å². The van der Waals surface area contributed by atoms with Gasteiger partial charge in [-0.25, -0.2) is 0 Å². The number of amides is 2. The standard InChI is InChI=1S/C18H21N3O6S/c1-26-8-2-5-20-17(22)16(28-18(20)23)12-13-3-4-14(15(11-13)21(24)25)19-6-9-27-10-7-19/h3-4,11-12H,2,5-10H2,1H3/b16-12+. The number of ether oxygens (including phenoxy) is 2. The molecule has 28 heavy (non-hydrogen) atoms. The Morgan fingerprint density at radius 2 is 2.07 bits per heavy atom. The van der Waals surface area contributed by atoms with Crippen LogP contribution in [0.5, 0.6) is 0 Å². The van der Waals surface area contributed by atoms with Gasteiger partial charge in [0, 0.05) is 39.4 Å². The van der Waals surface area contributed by atoms with E-state index in [0.29, 0.717) is 50.6 Å². The zero-order chi connectivity index (χ0) is 20.1. The number of hydrogen-bond donors (Lipinski definition) is 0. The lowest BCUT2D eigenvalue weighted by Gasteiger charge is -2.28. The maximum Gasteiger partial charge on any atom is 0.293 e. The van der Waals surface area contributed by atoms with Gasteiger partial charge in [0.2, 0.25) is 0 Å². The maximum absolute atomic E-state index is 12.5. The highest BCUT2D eigenvalue weighted by atomic mass is 32.2. The summed E-state index contributed by atoms with van der Waals surface area (Å²) in [6, 6.07) is 4.83. The summed E-state index contributed by atoms with van der Waals surface area (Å²) in [4.78, 5) is 39.0. The Morgan fingerprint density at radius 3 is 2.75 bits per heavy atom. The van der Waals surface area contributed by atoms with E-state index in [2.05, 4.69) is 0 Å². The number of imide groups is 1. The number of nitro benzene ring substituents is 1. The van der Waals surface area contributed by atoms with Gasteiger partial charge in [0.25, 0.3) is 16.8 Å². The number of nitrogens with zero attached hydrogens (tertiary/aromatic N) is 3. The zero-order valence-electron chi connectivity index (χ0n) is 15.5. The number of hydrogen-bond acceptors (Lipinski definition) is 8. The van der Waals surface area contributed by atoms with Crippen molar-refractivity contribution in [1.82, 2.24) is 4.90 Å². The molecule has 2 aliphatic rings. The third kappa shape index (κ3) is 4.51. The van der Waals surface area contributed by atoms with Gasteiger partial charge in [0.1, 0.15) is 5.69 Å². The minimum absolute atomic E-state index is 0.0324. The molecule has 0 N–H and O–H groups in total. The topological polar surface area (TPSA) is 102 Å². The molecule has 150 valence electrons. The summed E-state index contributed by atoms with van der Waals surface area (Å²) >= 11 is 0.842. The van der Waals surface area contributed by atoms with Crippen LogP contribution in [0.3, 0.4) is 0 Å². The van der Waals surface area contributed by atoms with Crippen LogP contribution in [0.25, 0.3) is 6.08 Å². The van der Waals surface area contributed by atoms with Crippen molar-refractivity contribution in [3.8, 4) is 0 Å². The molecule has 0 aliphatic carbocycles. The fraction of sp³-hybridized carbons (Fsp3) is 0.444. The summed E-state index contributed by atoms with van der Waals surface area (Å²) in [6.07, 6.45) is 2.08. The molecule has 1 aromatic rings.